The first-order valence-electron chi connectivity index (χ1n) is 9.21. The summed E-state index contributed by atoms with van der Waals surface area (Å²) in [5.74, 6) is 0.172. The van der Waals surface area contributed by atoms with Crippen LogP contribution in [-0.2, 0) is 19.6 Å². The van der Waals surface area contributed by atoms with Gasteiger partial charge in [0.2, 0.25) is 21.8 Å². The number of carbonyl (C=O) groups excluding carboxylic acids is 2. The van der Waals surface area contributed by atoms with Gasteiger partial charge < -0.3 is 19.9 Å². The zero-order chi connectivity index (χ0) is 20.3. The molecule has 9 nitrogen and oxygen atoms in total. The van der Waals surface area contributed by atoms with E-state index in [2.05, 4.69) is 10.2 Å². The van der Waals surface area contributed by atoms with Gasteiger partial charge in [0.1, 0.15) is 11.8 Å². The largest absolute Gasteiger partial charge is 0.497 e. The Labute approximate surface area is 165 Å². The van der Waals surface area contributed by atoms with Gasteiger partial charge in [0.05, 0.1) is 19.8 Å². The number of benzene rings is 1. The highest BCUT2D eigenvalue weighted by Crippen LogP contribution is 2.21. The van der Waals surface area contributed by atoms with Crippen molar-refractivity contribution in [1.29, 1.82) is 0 Å². The minimum Gasteiger partial charge on any atom is -0.497 e. The van der Waals surface area contributed by atoms with Crippen molar-refractivity contribution >= 4 is 27.5 Å². The highest BCUT2D eigenvalue weighted by molar-refractivity contribution is 7.88. The average molecular weight is 410 g/mol. The van der Waals surface area contributed by atoms with Gasteiger partial charge in [0, 0.05) is 45.0 Å². The molecule has 2 fully saturated rings. The molecule has 1 atom stereocenters. The van der Waals surface area contributed by atoms with E-state index < -0.39 is 22.0 Å². The van der Waals surface area contributed by atoms with E-state index in [4.69, 9.17) is 4.74 Å². The minimum atomic E-state index is -3.55. The van der Waals surface area contributed by atoms with E-state index in [9.17, 15) is 18.0 Å². The lowest BCUT2D eigenvalue weighted by Gasteiger charge is -2.38. The fraction of sp³-hybridized carbons (Fsp3) is 0.556. The molecular weight excluding hydrogens is 384 g/mol. The summed E-state index contributed by atoms with van der Waals surface area (Å²) in [6, 6.07) is 6.78. The lowest BCUT2D eigenvalue weighted by atomic mass is 10.1. The summed E-state index contributed by atoms with van der Waals surface area (Å²) in [4.78, 5) is 28.7. The zero-order valence-corrected chi connectivity index (χ0v) is 16.9. The van der Waals surface area contributed by atoms with Gasteiger partial charge >= 0.3 is 0 Å². The Morgan fingerprint density at radius 2 is 1.79 bits per heavy atom. The molecule has 0 spiro atoms. The quantitative estimate of drug-likeness (QED) is 0.702. The Morgan fingerprint density at radius 1 is 1.14 bits per heavy atom. The van der Waals surface area contributed by atoms with Crippen LogP contribution >= 0.6 is 0 Å². The summed E-state index contributed by atoms with van der Waals surface area (Å²) in [6.07, 6.45) is 0.929. The van der Waals surface area contributed by atoms with Gasteiger partial charge in [-0.2, -0.15) is 4.31 Å². The Hall–Kier alpha value is -2.33. The Morgan fingerprint density at radius 3 is 2.36 bits per heavy atom. The number of ether oxygens (including phenoxy) is 1. The number of hydrogen-bond acceptors (Lipinski definition) is 6. The maximum absolute atomic E-state index is 12.7. The van der Waals surface area contributed by atoms with Crippen molar-refractivity contribution in [3.63, 3.8) is 0 Å². The number of nitrogens with one attached hydrogen (secondary N) is 1. The molecule has 2 aliphatic rings. The molecule has 0 aromatic heterocycles. The van der Waals surface area contributed by atoms with Gasteiger partial charge in [-0.3, -0.25) is 9.59 Å². The van der Waals surface area contributed by atoms with Gasteiger partial charge in [0.15, 0.2) is 0 Å². The normalized spacial score (nSPS) is 21.4. The topological polar surface area (TPSA) is 99.3 Å². The van der Waals surface area contributed by atoms with E-state index in [0.717, 1.165) is 22.0 Å². The molecule has 2 heterocycles. The van der Waals surface area contributed by atoms with Crippen molar-refractivity contribution in [3.05, 3.63) is 24.3 Å². The van der Waals surface area contributed by atoms with E-state index in [0.29, 0.717) is 26.2 Å². The fourth-order valence-electron chi connectivity index (χ4n) is 3.59. The molecule has 28 heavy (non-hydrogen) atoms. The van der Waals surface area contributed by atoms with Crippen LogP contribution in [0.4, 0.5) is 5.69 Å². The maximum atomic E-state index is 12.7. The molecule has 1 aromatic carbocycles. The van der Waals surface area contributed by atoms with Crippen molar-refractivity contribution in [1.82, 2.24) is 14.5 Å². The Bertz CT molecular complexity index is 819. The summed E-state index contributed by atoms with van der Waals surface area (Å²) < 4.78 is 30.2. The maximum Gasteiger partial charge on any atom is 0.239 e. The monoisotopic (exact) mass is 410 g/mol. The molecule has 3 rings (SSSR count). The van der Waals surface area contributed by atoms with Gasteiger partial charge in [-0.05, 0) is 24.3 Å². The fourth-order valence-corrected chi connectivity index (χ4v) is 4.64. The molecule has 154 valence electrons. The first-order valence-corrected chi connectivity index (χ1v) is 11.1. The van der Waals surface area contributed by atoms with Gasteiger partial charge in [-0.25, -0.2) is 8.42 Å². The van der Waals surface area contributed by atoms with Crippen molar-refractivity contribution < 1.29 is 22.7 Å². The predicted octanol–water partition coefficient (Wildman–Crippen LogP) is -0.506. The summed E-state index contributed by atoms with van der Waals surface area (Å²) in [7, 11) is -1.93. The molecular formula is C18H26N4O5S. The predicted molar refractivity (Wildman–Crippen MR) is 105 cm³/mol. The van der Waals surface area contributed by atoms with Crippen LogP contribution in [0.5, 0.6) is 5.75 Å². The number of hydrogen-bond donors (Lipinski definition) is 1. The van der Waals surface area contributed by atoms with Crippen LogP contribution in [0.15, 0.2) is 24.3 Å². The second kappa shape index (κ2) is 8.36. The van der Waals surface area contributed by atoms with Crippen LogP contribution in [0.25, 0.3) is 0 Å². The summed E-state index contributed by atoms with van der Waals surface area (Å²) in [5, 5.41) is 2.65. The average Bonchev–Trinajstić information content (AvgIpc) is 2.69. The first-order chi connectivity index (χ1) is 13.3. The van der Waals surface area contributed by atoms with E-state index in [1.807, 2.05) is 24.3 Å². The summed E-state index contributed by atoms with van der Waals surface area (Å²) >= 11 is 0. The molecule has 0 aliphatic carbocycles. The van der Waals surface area contributed by atoms with Crippen LogP contribution in [0, 0.1) is 0 Å². The number of sulfonamides is 1. The first kappa shape index (κ1) is 20.4. The molecule has 0 saturated carbocycles. The van der Waals surface area contributed by atoms with E-state index in [1.54, 1.807) is 12.0 Å². The molecule has 2 amide bonds. The van der Waals surface area contributed by atoms with E-state index >= 15 is 0 Å². The summed E-state index contributed by atoms with van der Waals surface area (Å²) in [6.45, 7) is 2.84. The minimum absolute atomic E-state index is 0.137. The lowest BCUT2D eigenvalue weighted by Crippen LogP contribution is -2.58. The Kier molecular flexibility index (Phi) is 6.09. The molecule has 2 aliphatic heterocycles. The molecule has 1 aromatic rings. The van der Waals surface area contributed by atoms with E-state index in [1.165, 1.54) is 0 Å². The van der Waals surface area contributed by atoms with Crippen molar-refractivity contribution in [2.75, 3.05) is 57.5 Å². The lowest BCUT2D eigenvalue weighted by molar-refractivity contribution is -0.137. The molecule has 10 heteroatoms. The highest BCUT2D eigenvalue weighted by atomic mass is 32.2. The SMILES string of the molecule is COc1ccc(N2CCN(C(=O)C[C@H]3C(=O)NCCN3S(C)(=O)=O)CC2)cc1. The van der Waals surface area contributed by atoms with Crippen molar-refractivity contribution in [3.8, 4) is 5.75 Å². The number of anilines is 1. The van der Waals surface area contributed by atoms with E-state index in [-0.39, 0.29) is 25.4 Å². The van der Waals surface area contributed by atoms with Gasteiger partial charge in [-0.15, -0.1) is 0 Å². The zero-order valence-electron chi connectivity index (χ0n) is 16.1. The van der Waals surface area contributed by atoms with Crippen LogP contribution in [-0.4, -0.2) is 88.1 Å². The number of nitrogens with zero attached hydrogens (tertiary/aromatic N) is 3. The third-order valence-electron chi connectivity index (χ3n) is 5.15. The number of methoxy groups -OCH3 is 1. The number of piperazine rings is 2. The molecule has 0 radical (unpaired) electrons. The number of amides is 2. The summed E-state index contributed by atoms with van der Waals surface area (Å²) in [5.41, 5.74) is 1.06. The second-order valence-electron chi connectivity index (χ2n) is 6.95. The molecule has 0 bridgehead atoms. The standard InChI is InChI=1S/C18H26N4O5S/c1-27-15-5-3-14(4-6-15)20-9-11-21(12-10-20)17(23)13-16-18(24)19-7-8-22(16)28(2,25)26/h3-6,16H,7-13H2,1-2H3,(H,19,24)/t16-/m0/s1. The highest BCUT2D eigenvalue weighted by Gasteiger charge is 2.38. The molecule has 0 unspecified atom stereocenters. The van der Waals surface area contributed by atoms with Crippen LogP contribution in [0.2, 0.25) is 0 Å². The smallest absolute Gasteiger partial charge is 0.239 e. The molecule has 1 N–H and O–H groups in total. The Balaban J connectivity index is 1.59. The van der Waals surface area contributed by atoms with Crippen molar-refractivity contribution in [2.45, 2.75) is 12.5 Å². The van der Waals surface area contributed by atoms with Crippen LogP contribution in [0.3, 0.4) is 0 Å². The van der Waals surface area contributed by atoms with Crippen molar-refractivity contribution in [2.24, 2.45) is 0 Å². The van der Waals surface area contributed by atoms with Crippen LogP contribution in [0.1, 0.15) is 6.42 Å². The van der Waals surface area contributed by atoms with Crippen LogP contribution < -0.4 is 15.0 Å². The van der Waals surface area contributed by atoms with Gasteiger partial charge in [0.25, 0.3) is 0 Å². The third kappa shape index (κ3) is 4.56. The third-order valence-corrected chi connectivity index (χ3v) is 6.43. The number of carbonyl (C=O) groups is 2. The van der Waals surface area contributed by atoms with Gasteiger partial charge in [-0.1, -0.05) is 0 Å². The number of rotatable bonds is 5. The molecule has 2 saturated heterocycles. The second-order valence-corrected chi connectivity index (χ2v) is 8.89.